The molecule has 8 heteroatoms. The van der Waals surface area contributed by atoms with Crippen molar-refractivity contribution in [3.8, 4) is 0 Å². The number of cyclic esters (lactones) is 1. The van der Waals surface area contributed by atoms with Gasteiger partial charge in [-0.2, -0.15) is 0 Å². The van der Waals surface area contributed by atoms with Crippen LogP contribution in [0.1, 0.15) is 57.8 Å². The molecule has 4 saturated carbocycles. The molecule has 0 aromatic rings. The highest BCUT2D eigenvalue weighted by Gasteiger charge is 2.62. The van der Waals surface area contributed by atoms with Crippen molar-refractivity contribution in [2.24, 2.45) is 35.5 Å². The van der Waals surface area contributed by atoms with Crippen molar-refractivity contribution in [3.63, 3.8) is 0 Å². The van der Waals surface area contributed by atoms with Gasteiger partial charge < -0.3 is 34.1 Å². The fourth-order valence-corrected chi connectivity index (χ4v) is 8.94. The number of hydrogen-bond acceptors (Lipinski definition) is 8. The van der Waals surface area contributed by atoms with Gasteiger partial charge in [0, 0.05) is 32.2 Å². The fraction of sp³-hybridized carbons (Fsp3) is 0.963. The molecule has 198 valence electrons. The zero-order valence-corrected chi connectivity index (χ0v) is 21.2. The smallest absolute Gasteiger partial charge is 0.309 e. The van der Waals surface area contributed by atoms with Gasteiger partial charge in [-0.25, -0.2) is 0 Å². The van der Waals surface area contributed by atoms with Gasteiger partial charge >= 0.3 is 5.97 Å². The maximum Gasteiger partial charge on any atom is 0.309 e. The van der Waals surface area contributed by atoms with Crippen molar-refractivity contribution in [1.29, 1.82) is 0 Å². The van der Waals surface area contributed by atoms with E-state index in [2.05, 4.69) is 5.32 Å². The lowest BCUT2D eigenvalue weighted by Gasteiger charge is -2.56. The Hall–Kier alpha value is -0.770. The van der Waals surface area contributed by atoms with E-state index in [-0.39, 0.29) is 60.1 Å². The molecular formula is C27H43NO7. The molecule has 35 heavy (non-hydrogen) atoms. The van der Waals surface area contributed by atoms with Crippen molar-refractivity contribution in [1.82, 2.24) is 5.32 Å². The third-order valence-electron chi connectivity index (χ3n) is 10.5. The molecule has 2 saturated heterocycles. The first kappa shape index (κ1) is 24.6. The SMILES string of the molecule is COC1CC([C@@H]2C3CC4OCOC4CC3C(NC3CCCCC3)[C@H]3COC(=O)[C@H]23)CC(OC)C1O. The molecule has 0 bridgehead atoms. The van der Waals surface area contributed by atoms with Crippen LogP contribution in [-0.4, -0.2) is 81.3 Å². The highest BCUT2D eigenvalue weighted by molar-refractivity contribution is 5.75. The van der Waals surface area contributed by atoms with Crippen LogP contribution in [0.2, 0.25) is 0 Å². The van der Waals surface area contributed by atoms with E-state index < -0.39 is 6.10 Å². The van der Waals surface area contributed by atoms with Gasteiger partial charge in [-0.05, 0) is 62.2 Å². The van der Waals surface area contributed by atoms with Crippen LogP contribution in [0.25, 0.3) is 0 Å². The van der Waals surface area contributed by atoms with Crippen LogP contribution in [0.4, 0.5) is 0 Å². The second kappa shape index (κ2) is 10.2. The number of aliphatic hydroxyl groups is 1. The van der Waals surface area contributed by atoms with Crippen molar-refractivity contribution in [3.05, 3.63) is 0 Å². The van der Waals surface area contributed by atoms with Crippen LogP contribution < -0.4 is 5.32 Å². The number of ether oxygens (including phenoxy) is 5. The quantitative estimate of drug-likeness (QED) is 0.564. The second-order valence-corrected chi connectivity index (χ2v) is 12.0. The molecule has 2 aliphatic heterocycles. The molecule has 2 heterocycles. The molecule has 6 rings (SSSR count). The normalized spacial score (nSPS) is 50.3. The Balaban J connectivity index is 1.33. The highest BCUT2D eigenvalue weighted by Crippen LogP contribution is 2.57. The topological polar surface area (TPSA) is 95.5 Å². The van der Waals surface area contributed by atoms with E-state index >= 15 is 0 Å². The van der Waals surface area contributed by atoms with Crippen LogP contribution in [0.15, 0.2) is 0 Å². The molecule has 10 atom stereocenters. The molecule has 0 aromatic heterocycles. The Morgan fingerprint density at radius 3 is 2.20 bits per heavy atom. The number of hydrogen-bond donors (Lipinski definition) is 2. The fourth-order valence-electron chi connectivity index (χ4n) is 8.94. The molecule has 0 spiro atoms. The second-order valence-electron chi connectivity index (χ2n) is 12.0. The van der Waals surface area contributed by atoms with E-state index in [4.69, 9.17) is 23.7 Å². The Labute approximate surface area is 208 Å². The van der Waals surface area contributed by atoms with Crippen LogP contribution in [-0.2, 0) is 28.5 Å². The summed E-state index contributed by atoms with van der Waals surface area (Å²) < 4.78 is 29.3. The molecular weight excluding hydrogens is 450 g/mol. The molecule has 0 radical (unpaired) electrons. The number of carbonyl (C=O) groups is 1. The number of nitrogens with one attached hydrogen (secondary N) is 1. The number of aliphatic hydroxyl groups excluding tert-OH is 1. The largest absolute Gasteiger partial charge is 0.465 e. The summed E-state index contributed by atoms with van der Waals surface area (Å²) in [5.41, 5.74) is 0. The molecule has 2 N–H and O–H groups in total. The highest BCUT2D eigenvalue weighted by atomic mass is 16.7. The van der Waals surface area contributed by atoms with E-state index in [0.29, 0.717) is 31.3 Å². The van der Waals surface area contributed by atoms with E-state index in [1.165, 1.54) is 32.1 Å². The van der Waals surface area contributed by atoms with Gasteiger partial charge in [0.2, 0.25) is 0 Å². The predicted octanol–water partition coefficient (Wildman–Crippen LogP) is 2.26. The summed E-state index contributed by atoms with van der Waals surface area (Å²) in [6.45, 7) is 0.887. The van der Waals surface area contributed by atoms with Gasteiger partial charge in [-0.15, -0.1) is 0 Å². The van der Waals surface area contributed by atoms with Crippen LogP contribution in [0.5, 0.6) is 0 Å². The maximum atomic E-state index is 13.4. The minimum absolute atomic E-state index is 0.0336. The molecule has 6 fully saturated rings. The molecule has 7 unspecified atom stereocenters. The van der Waals surface area contributed by atoms with Crippen molar-refractivity contribution in [2.75, 3.05) is 27.6 Å². The third-order valence-corrected chi connectivity index (χ3v) is 10.5. The van der Waals surface area contributed by atoms with Crippen molar-refractivity contribution in [2.45, 2.75) is 100 Å². The van der Waals surface area contributed by atoms with Gasteiger partial charge in [0.25, 0.3) is 0 Å². The minimum atomic E-state index is -0.644. The van der Waals surface area contributed by atoms with E-state index in [1.807, 2.05) is 0 Å². The monoisotopic (exact) mass is 493 g/mol. The summed E-state index contributed by atoms with van der Waals surface area (Å²) in [7, 11) is 3.33. The number of carbonyl (C=O) groups excluding carboxylic acids is 1. The van der Waals surface area contributed by atoms with Crippen molar-refractivity contribution >= 4 is 5.97 Å². The molecule has 8 nitrogen and oxygen atoms in total. The Kier molecular flexibility index (Phi) is 7.14. The van der Waals surface area contributed by atoms with Gasteiger partial charge in [0.1, 0.15) is 12.9 Å². The lowest BCUT2D eigenvalue weighted by Crippen LogP contribution is -2.63. The summed E-state index contributed by atoms with van der Waals surface area (Å²) in [6, 6.07) is 0.799. The summed E-state index contributed by atoms with van der Waals surface area (Å²) in [6.07, 6.45) is 8.77. The summed E-state index contributed by atoms with van der Waals surface area (Å²) in [5, 5.41) is 14.9. The van der Waals surface area contributed by atoms with E-state index in [0.717, 1.165) is 25.7 Å². The Morgan fingerprint density at radius 2 is 1.54 bits per heavy atom. The standard InChI is InChI=1S/C27H43NO7/c1-31-21-8-14(9-22(32-2)26(21)29)23-16-10-19-20(35-13-34-19)11-17(16)25(18-12-33-27(30)24(18)23)28-15-6-4-3-5-7-15/h14-26,28-29H,3-13H2,1-2H3/t14?,16?,17?,18-,19?,20?,21?,22?,23+,24-,25?,26?/m0/s1. The number of fused-ring (bicyclic) bond motifs is 3. The molecule has 0 aromatic carbocycles. The predicted molar refractivity (Wildman–Crippen MR) is 126 cm³/mol. The summed E-state index contributed by atoms with van der Waals surface area (Å²) in [4.78, 5) is 13.4. The van der Waals surface area contributed by atoms with E-state index in [1.54, 1.807) is 14.2 Å². The molecule has 0 amide bonds. The summed E-state index contributed by atoms with van der Waals surface area (Å²) in [5.74, 6) is 1.21. The molecule has 4 aliphatic carbocycles. The van der Waals surface area contributed by atoms with Crippen molar-refractivity contribution < 1.29 is 33.6 Å². The van der Waals surface area contributed by atoms with E-state index in [9.17, 15) is 9.90 Å². The van der Waals surface area contributed by atoms with Crippen LogP contribution >= 0.6 is 0 Å². The van der Waals surface area contributed by atoms with Crippen LogP contribution in [0.3, 0.4) is 0 Å². The maximum absolute atomic E-state index is 13.4. The third kappa shape index (κ3) is 4.36. The first-order valence-electron chi connectivity index (χ1n) is 14.0. The summed E-state index contributed by atoms with van der Waals surface area (Å²) >= 11 is 0. The molecule has 6 aliphatic rings. The zero-order valence-electron chi connectivity index (χ0n) is 21.2. The average Bonchev–Trinajstić information content (AvgIpc) is 3.50. The van der Waals surface area contributed by atoms with Gasteiger partial charge in [-0.1, -0.05) is 19.3 Å². The lowest BCUT2D eigenvalue weighted by molar-refractivity contribution is -0.162. The van der Waals surface area contributed by atoms with Gasteiger partial charge in [0.05, 0.1) is 36.9 Å². The number of esters is 1. The Morgan fingerprint density at radius 1 is 0.886 bits per heavy atom. The minimum Gasteiger partial charge on any atom is -0.465 e. The van der Waals surface area contributed by atoms with Gasteiger partial charge in [-0.3, -0.25) is 4.79 Å². The average molecular weight is 494 g/mol. The number of methoxy groups -OCH3 is 2. The first-order valence-corrected chi connectivity index (χ1v) is 14.0. The zero-order chi connectivity index (χ0) is 24.1. The Bertz CT molecular complexity index is 746. The first-order chi connectivity index (χ1) is 17.1. The number of rotatable bonds is 5. The van der Waals surface area contributed by atoms with Crippen LogP contribution in [0, 0.1) is 35.5 Å². The van der Waals surface area contributed by atoms with Gasteiger partial charge in [0.15, 0.2) is 0 Å². The lowest BCUT2D eigenvalue weighted by atomic mass is 9.51.